The summed E-state index contributed by atoms with van der Waals surface area (Å²) in [5, 5.41) is 6.77. The van der Waals surface area contributed by atoms with E-state index in [9.17, 15) is 4.79 Å². The molecule has 0 saturated carbocycles. The van der Waals surface area contributed by atoms with Gasteiger partial charge in [-0.1, -0.05) is 43.3 Å². The van der Waals surface area contributed by atoms with Crippen LogP contribution in [-0.2, 0) is 5.75 Å². The van der Waals surface area contributed by atoms with E-state index in [1.54, 1.807) is 6.92 Å². The second-order valence-corrected chi connectivity index (χ2v) is 7.42. The van der Waals surface area contributed by atoms with Crippen molar-refractivity contribution in [3.05, 3.63) is 71.4 Å². The minimum Gasteiger partial charge on any atom is -0.338 e. The first-order valence-corrected chi connectivity index (χ1v) is 9.97. The first-order valence-electron chi connectivity index (χ1n) is 8.99. The van der Waals surface area contributed by atoms with E-state index in [0.717, 1.165) is 17.0 Å². The summed E-state index contributed by atoms with van der Waals surface area (Å²) in [5.41, 5.74) is 2.70. The molecule has 0 aliphatic rings. The quantitative estimate of drug-likeness (QED) is 0.552. The van der Waals surface area contributed by atoms with Crippen LogP contribution in [0, 0.1) is 6.92 Å². The second-order valence-electron chi connectivity index (χ2n) is 6.41. The number of hydrogen-bond acceptors (Lipinski definition) is 5. The van der Waals surface area contributed by atoms with E-state index in [2.05, 4.69) is 41.4 Å². The number of nitrogens with one attached hydrogen (secondary N) is 1. The van der Waals surface area contributed by atoms with E-state index >= 15 is 0 Å². The summed E-state index contributed by atoms with van der Waals surface area (Å²) in [5.74, 6) is 2.07. The number of thioether (sulfide) groups is 1. The molecule has 140 valence electrons. The molecule has 0 aliphatic carbocycles. The van der Waals surface area contributed by atoms with E-state index in [4.69, 9.17) is 4.52 Å². The Morgan fingerprint density at radius 3 is 2.59 bits per heavy atom. The molecule has 5 nitrogen and oxygen atoms in total. The number of nitrogens with zero attached hydrogens (tertiary/aromatic N) is 2. The third-order valence-corrected chi connectivity index (χ3v) is 5.46. The Hall–Kier alpha value is -2.60. The molecule has 1 N–H and O–H groups in total. The van der Waals surface area contributed by atoms with Crippen molar-refractivity contribution in [2.45, 2.75) is 43.8 Å². The van der Waals surface area contributed by atoms with Crippen LogP contribution in [0.25, 0.3) is 0 Å². The molecule has 1 amide bonds. The van der Waals surface area contributed by atoms with Crippen molar-refractivity contribution in [1.29, 1.82) is 0 Å². The zero-order chi connectivity index (χ0) is 19.2. The van der Waals surface area contributed by atoms with Gasteiger partial charge in [-0.3, -0.25) is 4.79 Å². The van der Waals surface area contributed by atoms with Crippen LogP contribution in [0.5, 0.6) is 0 Å². The molecule has 1 atom stereocenters. The summed E-state index contributed by atoms with van der Waals surface area (Å²) in [4.78, 5) is 17.8. The van der Waals surface area contributed by atoms with Crippen molar-refractivity contribution in [3.8, 4) is 0 Å². The summed E-state index contributed by atoms with van der Waals surface area (Å²) >= 11 is 1.50. The van der Waals surface area contributed by atoms with Gasteiger partial charge in [-0.15, -0.1) is 11.8 Å². The van der Waals surface area contributed by atoms with Crippen LogP contribution >= 0.6 is 11.8 Å². The first kappa shape index (κ1) is 19.2. The van der Waals surface area contributed by atoms with Gasteiger partial charge in [0, 0.05) is 10.6 Å². The van der Waals surface area contributed by atoms with Crippen molar-refractivity contribution in [2.24, 2.45) is 0 Å². The zero-order valence-corrected chi connectivity index (χ0v) is 16.5. The maximum atomic E-state index is 12.7. The van der Waals surface area contributed by atoms with Crippen molar-refractivity contribution in [3.63, 3.8) is 0 Å². The molecule has 0 bridgehead atoms. The van der Waals surface area contributed by atoms with Gasteiger partial charge in [0.2, 0.25) is 5.89 Å². The molecule has 0 aliphatic heterocycles. The minimum absolute atomic E-state index is 0.129. The van der Waals surface area contributed by atoms with Gasteiger partial charge in [0.25, 0.3) is 5.91 Å². The number of hydrogen-bond donors (Lipinski definition) is 1. The van der Waals surface area contributed by atoms with Gasteiger partial charge in [0.1, 0.15) is 0 Å². The van der Waals surface area contributed by atoms with E-state index < -0.39 is 0 Å². The fourth-order valence-electron chi connectivity index (χ4n) is 2.65. The number of rotatable bonds is 7. The maximum absolute atomic E-state index is 12.7. The molecule has 1 unspecified atom stereocenters. The van der Waals surface area contributed by atoms with E-state index in [-0.39, 0.29) is 5.91 Å². The van der Waals surface area contributed by atoms with Gasteiger partial charge in [0.05, 0.1) is 11.3 Å². The molecule has 6 heteroatoms. The third-order valence-electron chi connectivity index (χ3n) is 4.40. The predicted molar refractivity (Wildman–Crippen MR) is 108 cm³/mol. The second kappa shape index (κ2) is 8.86. The fraction of sp³-hybridized carbons (Fsp3) is 0.286. The van der Waals surface area contributed by atoms with Crippen LogP contribution in [0.1, 0.15) is 53.8 Å². The Bertz CT molecular complexity index is 906. The average molecular weight is 382 g/mol. The zero-order valence-electron chi connectivity index (χ0n) is 15.7. The molecule has 0 saturated heterocycles. The van der Waals surface area contributed by atoms with Crippen molar-refractivity contribution < 1.29 is 9.32 Å². The standard InChI is InChI=1S/C21H23N3O2S/c1-4-14(2)16-9-11-17(12-10-16)23-21(25)18-7-5-6-8-19(18)27-13-20-22-15(3)24-26-20/h5-12,14H,4,13H2,1-3H3,(H,23,25). The molecule has 0 radical (unpaired) electrons. The molecular formula is C21H23N3O2S. The lowest BCUT2D eigenvalue weighted by Crippen LogP contribution is -2.13. The summed E-state index contributed by atoms with van der Waals surface area (Å²) in [6.07, 6.45) is 1.09. The highest BCUT2D eigenvalue weighted by Gasteiger charge is 2.13. The molecule has 27 heavy (non-hydrogen) atoms. The molecular weight excluding hydrogens is 358 g/mol. The number of anilines is 1. The van der Waals surface area contributed by atoms with E-state index in [1.165, 1.54) is 17.3 Å². The Morgan fingerprint density at radius 2 is 1.93 bits per heavy atom. The van der Waals surface area contributed by atoms with Gasteiger partial charge >= 0.3 is 0 Å². The first-order chi connectivity index (χ1) is 13.1. The summed E-state index contributed by atoms with van der Waals surface area (Å²) in [6.45, 7) is 6.15. The lowest BCUT2D eigenvalue weighted by atomic mass is 9.98. The molecule has 2 aromatic carbocycles. The molecule has 0 spiro atoms. The number of amides is 1. The molecule has 1 aromatic heterocycles. The fourth-order valence-corrected chi connectivity index (χ4v) is 3.53. The lowest BCUT2D eigenvalue weighted by molar-refractivity contribution is 0.102. The Kier molecular flexibility index (Phi) is 6.29. The summed E-state index contributed by atoms with van der Waals surface area (Å²) in [6, 6.07) is 15.6. The van der Waals surface area contributed by atoms with Gasteiger partial charge in [-0.25, -0.2) is 0 Å². The molecule has 1 heterocycles. The van der Waals surface area contributed by atoms with Gasteiger partial charge < -0.3 is 9.84 Å². The van der Waals surface area contributed by atoms with Gasteiger partial charge in [0.15, 0.2) is 5.82 Å². The van der Waals surface area contributed by atoms with Crippen molar-refractivity contribution in [2.75, 3.05) is 5.32 Å². The van der Waals surface area contributed by atoms with E-state index in [1.807, 2.05) is 36.4 Å². The minimum atomic E-state index is -0.129. The Morgan fingerprint density at radius 1 is 1.19 bits per heavy atom. The lowest BCUT2D eigenvalue weighted by Gasteiger charge is -2.12. The number of benzene rings is 2. The summed E-state index contributed by atoms with van der Waals surface area (Å²) in [7, 11) is 0. The Balaban J connectivity index is 1.69. The summed E-state index contributed by atoms with van der Waals surface area (Å²) < 4.78 is 5.14. The van der Waals surface area contributed by atoms with Crippen LogP contribution in [0.2, 0.25) is 0 Å². The topological polar surface area (TPSA) is 68.0 Å². The smallest absolute Gasteiger partial charge is 0.256 e. The maximum Gasteiger partial charge on any atom is 0.256 e. The average Bonchev–Trinajstić information content (AvgIpc) is 3.11. The van der Waals surface area contributed by atoms with Crippen LogP contribution in [0.3, 0.4) is 0 Å². The molecule has 3 aromatic rings. The van der Waals surface area contributed by atoms with Crippen molar-refractivity contribution >= 4 is 23.4 Å². The molecule has 0 fully saturated rings. The predicted octanol–water partition coefficient (Wildman–Crippen LogP) is 5.44. The Labute approximate surface area is 163 Å². The third kappa shape index (κ3) is 4.98. The number of aromatic nitrogens is 2. The van der Waals surface area contributed by atoms with Crippen LogP contribution in [0.4, 0.5) is 5.69 Å². The van der Waals surface area contributed by atoms with Crippen LogP contribution < -0.4 is 5.32 Å². The normalized spacial score (nSPS) is 12.0. The highest BCUT2D eigenvalue weighted by molar-refractivity contribution is 7.98. The van der Waals surface area contributed by atoms with E-state index in [0.29, 0.717) is 28.9 Å². The largest absolute Gasteiger partial charge is 0.338 e. The molecule has 3 rings (SSSR count). The monoisotopic (exact) mass is 381 g/mol. The number of carbonyl (C=O) groups excluding carboxylic acids is 1. The van der Waals surface area contributed by atoms with Crippen molar-refractivity contribution in [1.82, 2.24) is 10.1 Å². The van der Waals surface area contributed by atoms with Gasteiger partial charge in [-0.05, 0) is 49.1 Å². The highest BCUT2D eigenvalue weighted by atomic mass is 32.2. The SMILES string of the molecule is CCC(C)c1ccc(NC(=O)c2ccccc2SCc2nc(C)no2)cc1. The highest BCUT2D eigenvalue weighted by Crippen LogP contribution is 2.27. The van der Waals surface area contributed by atoms with Gasteiger partial charge in [-0.2, -0.15) is 4.98 Å². The van der Waals surface area contributed by atoms with Crippen LogP contribution in [0.15, 0.2) is 57.9 Å². The number of carbonyl (C=O) groups is 1. The number of aryl methyl sites for hydroxylation is 1. The van der Waals surface area contributed by atoms with Crippen LogP contribution in [-0.4, -0.2) is 16.0 Å².